The second-order valence-electron chi connectivity index (χ2n) is 11.9. The van der Waals surface area contributed by atoms with Crippen molar-refractivity contribution >= 4 is 0 Å². The van der Waals surface area contributed by atoms with Gasteiger partial charge in [-0.1, -0.05) is 167 Å². The van der Waals surface area contributed by atoms with Gasteiger partial charge in [-0.25, -0.2) is 0 Å². The molecule has 2 rings (SSSR count). The van der Waals surface area contributed by atoms with Crippen LogP contribution < -0.4 is 21.2 Å². The van der Waals surface area contributed by atoms with E-state index in [0.29, 0.717) is 0 Å². The van der Waals surface area contributed by atoms with Gasteiger partial charge in [0.1, 0.15) is 0 Å². The topological polar surface area (TPSA) is 0 Å². The van der Waals surface area contributed by atoms with E-state index in [2.05, 4.69) is 62.4 Å². The lowest BCUT2D eigenvalue weighted by Crippen LogP contribution is -3.61. The Morgan fingerprint density at radius 3 is 0.872 bits per heavy atom. The van der Waals surface area contributed by atoms with E-state index in [1.54, 1.807) is 7.14 Å². The van der Waals surface area contributed by atoms with Crippen molar-refractivity contribution in [3.05, 3.63) is 66.8 Å². The van der Waals surface area contributed by atoms with Crippen molar-refractivity contribution in [2.75, 3.05) is 0 Å². The van der Waals surface area contributed by atoms with E-state index in [0.717, 1.165) is 0 Å². The van der Waals surface area contributed by atoms with Crippen molar-refractivity contribution in [3.8, 4) is 0 Å². The van der Waals surface area contributed by atoms with Gasteiger partial charge >= 0.3 is 21.2 Å². The quantitative estimate of drug-likeness (QED) is 0.0706. The second-order valence-corrected chi connectivity index (χ2v) is 14.9. The van der Waals surface area contributed by atoms with E-state index in [-0.39, 0.29) is 21.2 Å². The highest BCUT2D eigenvalue weighted by atomic mass is 127. The number of aryl methyl sites for hydroxylation is 2. The molecule has 0 bridgehead atoms. The molecule has 0 radical (unpaired) electrons. The fraction of sp³-hybridized carbons (Fsp3) is 0.684. The molecule has 0 aliphatic carbocycles. The van der Waals surface area contributed by atoms with Crippen LogP contribution in [-0.2, 0) is 12.8 Å². The average Bonchev–Trinajstić information content (AvgIpc) is 2.96. The highest BCUT2D eigenvalue weighted by Gasteiger charge is 2.15. The van der Waals surface area contributed by atoms with Crippen LogP contribution in [0.3, 0.4) is 0 Å². The van der Waals surface area contributed by atoms with Crippen LogP contribution in [0.15, 0.2) is 48.5 Å². The van der Waals surface area contributed by atoms with Crippen LogP contribution >= 0.6 is 0 Å². The first-order chi connectivity index (χ1) is 19.3. The lowest BCUT2D eigenvalue weighted by Gasteiger charge is -2.03. The van der Waals surface area contributed by atoms with Crippen molar-refractivity contribution in [2.24, 2.45) is 0 Å². The van der Waals surface area contributed by atoms with E-state index >= 15 is 0 Å². The molecule has 220 valence electrons. The molecule has 0 amide bonds. The van der Waals surface area contributed by atoms with Gasteiger partial charge in [0, 0.05) is 0 Å². The van der Waals surface area contributed by atoms with Crippen LogP contribution in [-0.4, -0.2) is 0 Å². The monoisotopic (exact) mass is 645 g/mol. The summed E-state index contributed by atoms with van der Waals surface area (Å²) in [7, 11) is 0. The Morgan fingerprint density at radius 1 is 0.333 bits per heavy atom. The predicted molar refractivity (Wildman–Crippen MR) is 171 cm³/mol. The number of hydrogen-bond acceptors (Lipinski definition) is 0. The summed E-state index contributed by atoms with van der Waals surface area (Å²) in [6.45, 7) is 4.60. The molecule has 0 saturated carbocycles. The summed E-state index contributed by atoms with van der Waals surface area (Å²) in [4.78, 5) is 0. The van der Waals surface area contributed by atoms with Crippen molar-refractivity contribution in [3.63, 3.8) is 0 Å². The molecule has 0 aromatic heterocycles. The minimum Gasteiger partial charge on any atom is -0.0654 e. The number of benzene rings is 2. The number of unbranched alkanes of at least 4 members (excludes halogenated alkanes) is 20. The molecule has 2 aromatic carbocycles. The molecule has 39 heavy (non-hydrogen) atoms. The summed E-state index contributed by atoms with van der Waals surface area (Å²) in [5.41, 5.74) is 3.06. The van der Waals surface area contributed by atoms with Gasteiger partial charge in [0.05, 0.1) is 0 Å². The molecule has 0 unspecified atom stereocenters. The Balaban J connectivity index is 1.48. The zero-order valence-electron chi connectivity index (χ0n) is 26.0. The molecule has 0 N–H and O–H groups in total. The average molecular weight is 646 g/mol. The summed E-state index contributed by atoms with van der Waals surface area (Å²) < 4.78 is 3.10. The summed E-state index contributed by atoms with van der Waals surface area (Å²) in [6.07, 6.45) is 33.8. The summed E-state index contributed by atoms with van der Waals surface area (Å²) >= 11 is -0.0597. The summed E-state index contributed by atoms with van der Waals surface area (Å²) in [5, 5.41) is 0. The van der Waals surface area contributed by atoms with Gasteiger partial charge in [0.25, 0.3) is 0 Å². The summed E-state index contributed by atoms with van der Waals surface area (Å²) in [6, 6.07) is 19.2. The lowest BCUT2D eigenvalue weighted by atomic mass is 10.0. The molecule has 0 spiro atoms. The third-order valence-electron chi connectivity index (χ3n) is 8.18. The Kier molecular flexibility index (Phi) is 22.0. The SMILES string of the molecule is CCCCCCCCCCCCCc1ccc([I+]c2ccc(CCCCCCCCCCCCC)cc2)cc1. The van der Waals surface area contributed by atoms with E-state index in [1.165, 1.54) is 165 Å². The highest BCUT2D eigenvalue weighted by Crippen LogP contribution is 2.14. The fourth-order valence-corrected chi connectivity index (χ4v) is 7.70. The van der Waals surface area contributed by atoms with Crippen molar-refractivity contribution in [1.29, 1.82) is 0 Å². The molecule has 0 nitrogen and oxygen atoms in total. The first kappa shape index (κ1) is 34.4. The van der Waals surface area contributed by atoms with Crippen LogP contribution in [0.25, 0.3) is 0 Å². The van der Waals surface area contributed by atoms with Crippen LogP contribution in [0, 0.1) is 7.14 Å². The molecular formula is C38H62I+. The molecule has 2 aromatic rings. The zero-order valence-corrected chi connectivity index (χ0v) is 28.1. The number of rotatable bonds is 26. The lowest BCUT2D eigenvalue weighted by molar-refractivity contribution is -0.597. The van der Waals surface area contributed by atoms with Crippen LogP contribution in [0.1, 0.15) is 166 Å². The first-order valence-corrected chi connectivity index (χ1v) is 19.3. The van der Waals surface area contributed by atoms with Gasteiger partial charge in [0.2, 0.25) is 0 Å². The molecule has 0 aliphatic heterocycles. The third-order valence-corrected chi connectivity index (χ3v) is 10.9. The minimum atomic E-state index is -0.0597. The minimum absolute atomic E-state index is 0.0597. The largest absolute Gasteiger partial charge is 0.357 e. The van der Waals surface area contributed by atoms with Crippen molar-refractivity contribution in [2.45, 2.75) is 168 Å². The van der Waals surface area contributed by atoms with Gasteiger partial charge < -0.3 is 0 Å². The standard InChI is InChI=1S/C38H62I/c1-3-5-7-9-11-13-15-17-19-21-23-25-35-27-31-37(32-28-35)39-38-33-29-36(30-34-38)26-24-22-20-18-16-14-12-10-8-6-4-2/h27-34H,3-26H2,1-2H3/q+1. The Morgan fingerprint density at radius 2 is 0.590 bits per heavy atom. The van der Waals surface area contributed by atoms with Crippen LogP contribution in [0.2, 0.25) is 0 Å². The van der Waals surface area contributed by atoms with Crippen LogP contribution in [0.4, 0.5) is 0 Å². The normalized spacial score (nSPS) is 11.3. The van der Waals surface area contributed by atoms with Crippen LogP contribution in [0.5, 0.6) is 0 Å². The van der Waals surface area contributed by atoms with Gasteiger partial charge in [-0.15, -0.1) is 0 Å². The maximum Gasteiger partial charge on any atom is 0.357 e. The van der Waals surface area contributed by atoms with E-state index in [4.69, 9.17) is 0 Å². The fourth-order valence-electron chi connectivity index (χ4n) is 5.54. The van der Waals surface area contributed by atoms with Gasteiger partial charge in [-0.2, -0.15) is 0 Å². The maximum absolute atomic E-state index is 2.40. The Labute approximate surface area is 254 Å². The Bertz CT molecular complexity index is 708. The van der Waals surface area contributed by atoms with Gasteiger partial charge in [0.15, 0.2) is 7.14 Å². The van der Waals surface area contributed by atoms with E-state index in [1.807, 2.05) is 0 Å². The molecule has 0 atom stereocenters. The zero-order chi connectivity index (χ0) is 27.6. The molecule has 0 heterocycles. The maximum atomic E-state index is 2.40. The molecule has 0 fully saturated rings. The van der Waals surface area contributed by atoms with Crippen molar-refractivity contribution < 1.29 is 21.2 Å². The number of halogens is 1. The second kappa shape index (κ2) is 24.9. The third kappa shape index (κ3) is 19.0. The molecular weight excluding hydrogens is 583 g/mol. The van der Waals surface area contributed by atoms with E-state index < -0.39 is 0 Å². The predicted octanol–water partition coefficient (Wildman–Crippen LogP) is 9.52. The van der Waals surface area contributed by atoms with Gasteiger partial charge in [-0.3, -0.25) is 0 Å². The molecule has 0 aliphatic rings. The van der Waals surface area contributed by atoms with Crippen molar-refractivity contribution in [1.82, 2.24) is 0 Å². The molecule has 0 saturated heterocycles. The highest BCUT2D eigenvalue weighted by molar-refractivity contribution is 5.16. The van der Waals surface area contributed by atoms with Gasteiger partial charge in [-0.05, 0) is 61.1 Å². The summed E-state index contributed by atoms with van der Waals surface area (Å²) in [5.74, 6) is 0. The molecule has 1 heteroatoms. The van der Waals surface area contributed by atoms with E-state index in [9.17, 15) is 0 Å². The Hall–Kier alpha value is -0.830. The number of hydrogen-bond donors (Lipinski definition) is 0. The first-order valence-electron chi connectivity index (χ1n) is 17.1. The smallest absolute Gasteiger partial charge is 0.0654 e.